The van der Waals surface area contributed by atoms with E-state index >= 15 is 0 Å². The van der Waals surface area contributed by atoms with E-state index in [-0.39, 0.29) is 31.2 Å². The summed E-state index contributed by atoms with van der Waals surface area (Å²) in [5, 5.41) is 12.2. The number of aliphatic carboxylic acids is 1. The Morgan fingerprint density at radius 3 is 2.33 bits per heavy atom. The van der Waals surface area contributed by atoms with Crippen LogP contribution >= 0.6 is 11.8 Å². The smallest absolute Gasteiger partial charge is 0.410 e. The third-order valence-electron chi connectivity index (χ3n) is 6.04. The molecule has 1 aliphatic rings. The Balaban J connectivity index is 2.39. The van der Waals surface area contributed by atoms with Gasteiger partial charge in [0.1, 0.15) is 23.7 Å². The van der Waals surface area contributed by atoms with E-state index in [0.29, 0.717) is 5.75 Å². The Morgan fingerprint density at radius 1 is 1.19 bits per heavy atom. The summed E-state index contributed by atoms with van der Waals surface area (Å²) in [4.78, 5) is 54.7. The molecule has 1 unspecified atom stereocenters. The van der Waals surface area contributed by atoms with Crippen molar-refractivity contribution in [3.8, 4) is 0 Å². The van der Waals surface area contributed by atoms with Gasteiger partial charge < -0.3 is 20.1 Å². The number of carboxylic acids is 1. The zero-order chi connectivity index (χ0) is 27.2. The van der Waals surface area contributed by atoms with Crippen molar-refractivity contribution in [2.24, 2.45) is 5.92 Å². The van der Waals surface area contributed by atoms with Gasteiger partial charge in [-0.3, -0.25) is 14.5 Å². The van der Waals surface area contributed by atoms with Crippen LogP contribution in [0, 0.1) is 5.92 Å². The predicted molar refractivity (Wildman–Crippen MR) is 140 cm³/mol. The number of amides is 3. The van der Waals surface area contributed by atoms with E-state index in [0.717, 1.165) is 11.1 Å². The molecule has 0 aromatic heterocycles. The van der Waals surface area contributed by atoms with E-state index in [1.165, 1.54) is 28.6 Å². The topological polar surface area (TPSA) is 116 Å². The first-order valence-electron chi connectivity index (χ1n) is 12.1. The summed E-state index contributed by atoms with van der Waals surface area (Å²) in [6, 6.07) is 4.74. The lowest BCUT2D eigenvalue weighted by Crippen LogP contribution is -2.60. The minimum atomic E-state index is -1.11. The van der Waals surface area contributed by atoms with Gasteiger partial charge in [0.05, 0.1) is 0 Å². The van der Waals surface area contributed by atoms with Gasteiger partial charge in [0.25, 0.3) is 0 Å². The number of ether oxygens (including phenoxy) is 1. The minimum absolute atomic E-state index is 0.182. The highest BCUT2D eigenvalue weighted by Crippen LogP contribution is 2.27. The number of benzene rings is 1. The van der Waals surface area contributed by atoms with Gasteiger partial charge in [0, 0.05) is 20.0 Å². The van der Waals surface area contributed by atoms with Crippen molar-refractivity contribution in [2.45, 2.75) is 77.7 Å². The van der Waals surface area contributed by atoms with Crippen LogP contribution in [0.3, 0.4) is 0 Å². The van der Waals surface area contributed by atoms with Crippen LogP contribution in [0.2, 0.25) is 0 Å². The normalized spacial score (nSPS) is 17.1. The second-order valence-corrected chi connectivity index (χ2v) is 11.4. The molecule has 3 amide bonds. The summed E-state index contributed by atoms with van der Waals surface area (Å²) in [7, 11) is 1.52. The van der Waals surface area contributed by atoms with Crippen molar-refractivity contribution in [3.63, 3.8) is 0 Å². The number of carboxylic acid groups (broad SMARTS) is 1. The van der Waals surface area contributed by atoms with Gasteiger partial charge in [-0.2, -0.15) is 11.8 Å². The zero-order valence-corrected chi connectivity index (χ0v) is 23.1. The summed E-state index contributed by atoms with van der Waals surface area (Å²) in [5.74, 6) is -1.71. The average Bonchev–Trinajstić information content (AvgIpc) is 2.79. The quantitative estimate of drug-likeness (QED) is 0.513. The number of fused-ring (bicyclic) bond motifs is 1. The number of hydrogen-bond donors (Lipinski definition) is 2. The molecule has 1 aliphatic heterocycles. The maximum atomic E-state index is 13.9. The number of rotatable bonds is 9. The molecule has 0 spiro atoms. The van der Waals surface area contributed by atoms with Crippen LogP contribution in [-0.2, 0) is 32.1 Å². The third-order valence-corrected chi connectivity index (χ3v) is 6.69. The molecule has 10 heteroatoms. The fourth-order valence-electron chi connectivity index (χ4n) is 4.27. The maximum Gasteiger partial charge on any atom is 0.410 e. The van der Waals surface area contributed by atoms with E-state index in [1.807, 2.05) is 44.4 Å². The summed E-state index contributed by atoms with van der Waals surface area (Å²) in [6.45, 7) is 9.11. The van der Waals surface area contributed by atoms with E-state index in [9.17, 15) is 24.3 Å². The molecule has 0 saturated heterocycles. The van der Waals surface area contributed by atoms with Crippen LogP contribution in [0.5, 0.6) is 0 Å². The van der Waals surface area contributed by atoms with Crippen LogP contribution in [0.15, 0.2) is 24.3 Å². The number of thioether (sulfide) groups is 1. The van der Waals surface area contributed by atoms with E-state index in [1.54, 1.807) is 20.8 Å². The maximum absolute atomic E-state index is 13.9. The molecule has 1 heterocycles. The van der Waals surface area contributed by atoms with Gasteiger partial charge in [0.15, 0.2) is 0 Å². The molecular formula is C26H39N3O6S. The fourth-order valence-corrected chi connectivity index (χ4v) is 4.74. The van der Waals surface area contributed by atoms with Crippen molar-refractivity contribution < 1.29 is 29.0 Å². The number of carbonyl (C=O) groups is 4. The molecule has 0 saturated carbocycles. The summed E-state index contributed by atoms with van der Waals surface area (Å²) in [5.41, 5.74) is 1.11. The lowest BCUT2D eigenvalue weighted by molar-refractivity contribution is -0.148. The Hall–Kier alpha value is -2.75. The molecule has 200 valence electrons. The first-order valence-corrected chi connectivity index (χ1v) is 13.5. The van der Waals surface area contributed by atoms with Crippen molar-refractivity contribution >= 4 is 35.6 Å². The molecule has 3 atom stereocenters. The van der Waals surface area contributed by atoms with Gasteiger partial charge in [-0.1, -0.05) is 38.1 Å². The lowest BCUT2D eigenvalue weighted by atomic mass is 9.91. The molecule has 9 nitrogen and oxygen atoms in total. The number of carbonyl (C=O) groups excluding carboxylic acids is 3. The Morgan fingerprint density at radius 2 is 1.81 bits per heavy atom. The average molecular weight is 522 g/mol. The van der Waals surface area contributed by atoms with Crippen LogP contribution in [0.4, 0.5) is 4.79 Å². The van der Waals surface area contributed by atoms with Crippen LogP contribution in [0.25, 0.3) is 0 Å². The molecule has 0 fully saturated rings. The number of nitrogens with one attached hydrogen (secondary N) is 1. The number of hydrogen-bond acceptors (Lipinski definition) is 6. The molecule has 0 aliphatic carbocycles. The molecular weight excluding hydrogens is 482 g/mol. The third kappa shape index (κ3) is 7.62. The molecule has 1 aromatic rings. The highest BCUT2D eigenvalue weighted by atomic mass is 32.2. The van der Waals surface area contributed by atoms with Crippen LogP contribution in [-0.4, -0.2) is 81.6 Å². The monoisotopic (exact) mass is 521 g/mol. The lowest BCUT2D eigenvalue weighted by Gasteiger charge is -2.41. The SMILES string of the molecule is CSCC[C@@H](NC(=O)C1Cc2ccccc2CN1C(=O)[C@H](C(C)C)N(C)C(=O)OC(C)(C)C)C(=O)O. The van der Waals surface area contributed by atoms with Crippen molar-refractivity contribution in [1.29, 1.82) is 0 Å². The second-order valence-electron chi connectivity index (χ2n) is 10.4. The Bertz CT molecular complexity index is 961. The van der Waals surface area contributed by atoms with Gasteiger partial charge >= 0.3 is 12.1 Å². The van der Waals surface area contributed by atoms with E-state index < -0.39 is 41.7 Å². The predicted octanol–water partition coefficient (Wildman–Crippen LogP) is 3.15. The van der Waals surface area contributed by atoms with Crippen molar-refractivity contribution in [2.75, 3.05) is 19.1 Å². The molecule has 2 N–H and O–H groups in total. The van der Waals surface area contributed by atoms with Gasteiger partial charge in [-0.15, -0.1) is 0 Å². The van der Waals surface area contributed by atoms with Crippen molar-refractivity contribution in [3.05, 3.63) is 35.4 Å². The summed E-state index contributed by atoms with van der Waals surface area (Å²) in [6.07, 6.45) is 1.77. The summed E-state index contributed by atoms with van der Waals surface area (Å²) < 4.78 is 5.48. The number of nitrogens with zero attached hydrogens (tertiary/aromatic N) is 2. The summed E-state index contributed by atoms with van der Waals surface area (Å²) >= 11 is 1.49. The number of likely N-dealkylation sites (N-methyl/N-ethyl adjacent to an activating group) is 1. The highest BCUT2D eigenvalue weighted by molar-refractivity contribution is 7.98. The van der Waals surface area contributed by atoms with Gasteiger partial charge in [-0.25, -0.2) is 9.59 Å². The fraction of sp³-hybridized carbons (Fsp3) is 0.615. The minimum Gasteiger partial charge on any atom is -0.480 e. The van der Waals surface area contributed by atoms with Gasteiger partial charge in [0.2, 0.25) is 11.8 Å². The molecule has 2 rings (SSSR count). The van der Waals surface area contributed by atoms with Gasteiger partial charge in [-0.05, 0) is 56.2 Å². The first-order chi connectivity index (χ1) is 16.8. The first kappa shape index (κ1) is 29.5. The molecule has 0 bridgehead atoms. The van der Waals surface area contributed by atoms with E-state index in [2.05, 4.69) is 5.32 Å². The Kier molecular flexibility index (Phi) is 10.2. The second kappa shape index (κ2) is 12.5. The van der Waals surface area contributed by atoms with E-state index in [4.69, 9.17) is 4.74 Å². The highest BCUT2D eigenvalue weighted by Gasteiger charge is 2.42. The largest absolute Gasteiger partial charge is 0.480 e. The molecule has 0 radical (unpaired) electrons. The molecule has 1 aromatic carbocycles. The van der Waals surface area contributed by atoms with Crippen molar-refractivity contribution in [1.82, 2.24) is 15.1 Å². The Labute approximate surface area is 217 Å². The van der Waals surface area contributed by atoms with Crippen LogP contribution in [0.1, 0.15) is 52.2 Å². The standard InChI is InChI=1S/C26H39N3O6S/c1-16(2)21(28(6)25(34)35-26(3,4)5)23(31)29-15-18-11-9-8-10-17(18)14-20(29)22(30)27-19(24(32)33)12-13-36-7/h8-11,16,19-21H,12-15H2,1-7H3,(H,27,30)(H,32,33)/t19-,20?,21+/m1/s1. The molecule has 36 heavy (non-hydrogen) atoms. The zero-order valence-electron chi connectivity index (χ0n) is 22.2. The van der Waals surface area contributed by atoms with Crippen LogP contribution < -0.4 is 5.32 Å².